The van der Waals surface area contributed by atoms with Crippen LogP contribution >= 0.6 is 0 Å². The van der Waals surface area contributed by atoms with Crippen LogP contribution in [0.4, 0.5) is 0 Å². The third-order valence-corrected chi connectivity index (χ3v) is 3.45. The lowest BCUT2D eigenvalue weighted by Crippen LogP contribution is -2.51. The van der Waals surface area contributed by atoms with Gasteiger partial charge in [0, 0.05) is 12.8 Å². The Balaban J connectivity index is 2.08. The second-order valence-electron chi connectivity index (χ2n) is 4.78. The lowest BCUT2D eigenvalue weighted by atomic mass is 9.63. The molecule has 2 aliphatic rings. The van der Waals surface area contributed by atoms with Crippen LogP contribution in [-0.4, -0.2) is 29.0 Å². The van der Waals surface area contributed by atoms with Crippen molar-refractivity contribution in [2.75, 3.05) is 6.54 Å². The highest BCUT2D eigenvalue weighted by atomic mass is 16.2. The number of rotatable bonds is 2. The van der Waals surface area contributed by atoms with Crippen LogP contribution in [0.2, 0.25) is 0 Å². The number of hydrogen-bond acceptors (Lipinski definition) is 3. The third-order valence-electron chi connectivity index (χ3n) is 3.45. The van der Waals surface area contributed by atoms with E-state index in [0.29, 0.717) is 12.8 Å². The minimum absolute atomic E-state index is 0.0402. The Morgan fingerprint density at radius 2 is 1.80 bits per heavy atom. The lowest BCUT2D eigenvalue weighted by Gasteiger charge is -2.45. The number of piperidine rings is 1. The summed E-state index contributed by atoms with van der Waals surface area (Å²) in [4.78, 5) is 35.4. The normalized spacial score (nSPS) is 24.2. The van der Waals surface area contributed by atoms with Crippen molar-refractivity contribution in [1.82, 2.24) is 4.90 Å². The summed E-state index contributed by atoms with van der Waals surface area (Å²) >= 11 is 0. The Morgan fingerprint density at radius 1 is 1.27 bits per heavy atom. The van der Waals surface area contributed by atoms with E-state index in [2.05, 4.69) is 0 Å². The highest BCUT2D eigenvalue weighted by Crippen LogP contribution is 2.49. The summed E-state index contributed by atoms with van der Waals surface area (Å²) in [5.74, 6) is -0.469. The van der Waals surface area contributed by atoms with Crippen LogP contribution in [0.15, 0.2) is 0 Å². The third kappa shape index (κ3) is 1.80. The average Bonchev–Trinajstić information content (AvgIpc) is 2.08. The SMILES string of the molecule is CC(=O)CN1C(=O)CC2(CCC2)CC1=O. The van der Waals surface area contributed by atoms with E-state index in [1.54, 1.807) is 0 Å². The molecule has 1 saturated carbocycles. The average molecular weight is 209 g/mol. The molecule has 1 heterocycles. The van der Waals surface area contributed by atoms with Gasteiger partial charge in [-0.25, -0.2) is 0 Å². The second-order valence-corrected chi connectivity index (χ2v) is 4.78. The van der Waals surface area contributed by atoms with Crippen molar-refractivity contribution in [3.05, 3.63) is 0 Å². The first kappa shape index (κ1) is 10.3. The Kier molecular flexibility index (Phi) is 2.37. The van der Waals surface area contributed by atoms with Gasteiger partial charge in [-0.15, -0.1) is 0 Å². The predicted octanol–water partition coefficient (Wildman–Crippen LogP) is 0.895. The van der Waals surface area contributed by atoms with Gasteiger partial charge in [0.05, 0.1) is 6.54 Å². The maximum atomic E-state index is 11.7. The van der Waals surface area contributed by atoms with Gasteiger partial charge >= 0.3 is 0 Å². The van der Waals surface area contributed by atoms with Crippen LogP contribution in [0.1, 0.15) is 39.0 Å². The Bertz CT molecular complexity index is 311. The second kappa shape index (κ2) is 3.43. The summed E-state index contributed by atoms with van der Waals surface area (Å²) in [7, 11) is 0. The molecule has 1 aliphatic carbocycles. The van der Waals surface area contributed by atoms with E-state index in [1.165, 1.54) is 6.92 Å². The van der Waals surface area contributed by atoms with Crippen molar-refractivity contribution in [3.8, 4) is 0 Å². The molecule has 0 N–H and O–H groups in total. The molecule has 2 rings (SSSR count). The molecule has 4 heteroatoms. The molecule has 0 aromatic carbocycles. The molecule has 2 fully saturated rings. The van der Waals surface area contributed by atoms with Crippen molar-refractivity contribution in [2.45, 2.75) is 39.0 Å². The van der Waals surface area contributed by atoms with E-state index >= 15 is 0 Å². The quantitative estimate of drug-likeness (QED) is 0.635. The smallest absolute Gasteiger partial charge is 0.230 e. The predicted molar refractivity (Wildman–Crippen MR) is 52.9 cm³/mol. The molecule has 0 unspecified atom stereocenters. The number of imide groups is 1. The molecule has 0 aromatic heterocycles. The molecule has 0 aromatic rings. The highest BCUT2D eigenvalue weighted by Gasteiger charge is 2.47. The maximum Gasteiger partial charge on any atom is 0.230 e. The van der Waals surface area contributed by atoms with Gasteiger partial charge in [-0.1, -0.05) is 6.42 Å². The van der Waals surface area contributed by atoms with Gasteiger partial charge < -0.3 is 0 Å². The molecule has 1 spiro atoms. The van der Waals surface area contributed by atoms with Gasteiger partial charge in [0.15, 0.2) is 0 Å². The minimum atomic E-state index is -0.166. The summed E-state index contributed by atoms with van der Waals surface area (Å²) < 4.78 is 0. The Morgan fingerprint density at radius 3 is 2.13 bits per heavy atom. The molecule has 1 aliphatic heterocycles. The summed E-state index contributed by atoms with van der Waals surface area (Å²) in [5, 5.41) is 0. The zero-order valence-electron chi connectivity index (χ0n) is 8.91. The summed E-state index contributed by atoms with van der Waals surface area (Å²) in [5.41, 5.74) is -0.0402. The zero-order chi connectivity index (χ0) is 11.1. The molecule has 0 bridgehead atoms. The number of carbonyl (C=O) groups is 3. The molecule has 0 radical (unpaired) electrons. The minimum Gasteiger partial charge on any atom is -0.298 e. The van der Waals surface area contributed by atoms with Gasteiger partial charge in [-0.3, -0.25) is 19.3 Å². The Labute approximate surface area is 88.6 Å². The number of Topliss-reactive ketones (excluding diaryl/α,β-unsaturated/α-hetero) is 1. The number of ketones is 1. The van der Waals surface area contributed by atoms with E-state index < -0.39 is 0 Å². The molecular weight excluding hydrogens is 194 g/mol. The van der Waals surface area contributed by atoms with E-state index in [9.17, 15) is 14.4 Å². The van der Waals surface area contributed by atoms with E-state index in [0.717, 1.165) is 24.2 Å². The van der Waals surface area contributed by atoms with Crippen LogP contribution < -0.4 is 0 Å². The molecule has 1 saturated heterocycles. The topological polar surface area (TPSA) is 54.5 Å². The first-order valence-corrected chi connectivity index (χ1v) is 5.35. The number of likely N-dealkylation sites (tertiary alicyclic amines) is 1. The van der Waals surface area contributed by atoms with E-state index in [1.807, 2.05) is 0 Å². The van der Waals surface area contributed by atoms with Crippen LogP contribution in [-0.2, 0) is 14.4 Å². The first-order valence-electron chi connectivity index (χ1n) is 5.35. The van der Waals surface area contributed by atoms with Crippen LogP contribution in [0.3, 0.4) is 0 Å². The van der Waals surface area contributed by atoms with E-state index in [4.69, 9.17) is 0 Å². The van der Waals surface area contributed by atoms with Gasteiger partial charge in [0.1, 0.15) is 5.78 Å². The summed E-state index contributed by atoms with van der Waals surface area (Å²) in [6.45, 7) is 1.35. The number of hydrogen-bond donors (Lipinski definition) is 0. The Hall–Kier alpha value is -1.19. The van der Waals surface area contributed by atoms with Crippen molar-refractivity contribution in [2.24, 2.45) is 5.41 Å². The van der Waals surface area contributed by atoms with Crippen molar-refractivity contribution in [3.63, 3.8) is 0 Å². The number of amides is 2. The molecule has 0 atom stereocenters. The lowest BCUT2D eigenvalue weighted by molar-refractivity contribution is -0.158. The molecule has 15 heavy (non-hydrogen) atoms. The largest absolute Gasteiger partial charge is 0.298 e. The maximum absolute atomic E-state index is 11.7. The van der Waals surface area contributed by atoms with Crippen molar-refractivity contribution >= 4 is 17.6 Å². The van der Waals surface area contributed by atoms with Gasteiger partial charge in [-0.2, -0.15) is 0 Å². The monoisotopic (exact) mass is 209 g/mol. The number of nitrogens with zero attached hydrogens (tertiary/aromatic N) is 1. The standard InChI is InChI=1S/C11H15NO3/c1-8(13)7-12-9(14)5-11(3-2-4-11)6-10(12)15/h2-7H2,1H3. The molecule has 2 amide bonds. The molecular formula is C11H15NO3. The number of carbonyl (C=O) groups excluding carboxylic acids is 3. The van der Waals surface area contributed by atoms with Crippen LogP contribution in [0, 0.1) is 5.41 Å². The highest BCUT2D eigenvalue weighted by molar-refractivity contribution is 6.01. The summed E-state index contributed by atoms with van der Waals surface area (Å²) in [6, 6.07) is 0. The molecule has 82 valence electrons. The zero-order valence-corrected chi connectivity index (χ0v) is 8.91. The fraction of sp³-hybridized carbons (Fsp3) is 0.727. The van der Waals surface area contributed by atoms with Gasteiger partial charge in [0.2, 0.25) is 11.8 Å². The van der Waals surface area contributed by atoms with Crippen LogP contribution in [0.25, 0.3) is 0 Å². The van der Waals surface area contributed by atoms with Crippen LogP contribution in [0.5, 0.6) is 0 Å². The first-order chi connectivity index (χ1) is 7.02. The molecule has 4 nitrogen and oxygen atoms in total. The van der Waals surface area contributed by atoms with E-state index in [-0.39, 0.29) is 29.6 Å². The summed E-state index contributed by atoms with van der Waals surface area (Å²) in [6.07, 6.45) is 3.99. The fourth-order valence-corrected chi connectivity index (χ4v) is 2.46. The fourth-order valence-electron chi connectivity index (χ4n) is 2.46. The van der Waals surface area contributed by atoms with Gasteiger partial charge in [0.25, 0.3) is 0 Å². The van der Waals surface area contributed by atoms with Crippen molar-refractivity contribution < 1.29 is 14.4 Å². The van der Waals surface area contributed by atoms with Gasteiger partial charge in [-0.05, 0) is 25.2 Å². The van der Waals surface area contributed by atoms with Crippen molar-refractivity contribution in [1.29, 1.82) is 0 Å².